The second-order valence-corrected chi connectivity index (χ2v) is 7.06. The molecule has 3 N–H and O–H groups in total. The van der Waals surface area contributed by atoms with Crippen molar-refractivity contribution in [1.29, 1.82) is 0 Å². The Kier molecular flexibility index (Phi) is 5.67. The summed E-state index contributed by atoms with van der Waals surface area (Å²) in [5.41, 5.74) is 5.31. The molecule has 4 nitrogen and oxygen atoms in total. The zero-order valence-electron chi connectivity index (χ0n) is 14.0. The molecule has 2 rings (SSSR count). The number of likely N-dealkylation sites (tertiary alicyclic amines) is 1. The van der Waals surface area contributed by atoms with E-state index in [0.717, 1.165) is 32.2 Å². The highest BCUT2D eigenvalue weighted by atomic mass is 16.1. The fourth-order valence-corrected chi connectivity index (χ4v) is 4.50. The van der Waals surface area contributed by atoms with Gasteiger partial charge in [0.25, 0.3) is 0 Å². The van der Waals surface area contributed by atoms with Crippen molar-refractivity contribution in [3.8, 4) is 0 Å². The summed E-state index contributed by atoms with van der Waals surface area (Å²) in [5.74, 6) is -0.152. The van der Waals surface area contributed by atoms with Gasteiger partial charge in [-0.2, -0.15) is 0 Å². The van der Waals surface area contributed by atoms with E-state index in [-0.39, 0.29) is 5.91 Å². The fraction of sp³-hybridized carbons (Fsp3) is 0.941. The molecule has 1 aliphatic heterocycles. The zero-order valence-corrected chi connectivity index (χ0v) is 14.0. The molecule has 0 aromatic rings. The molecule has 0 bridgehead atoms. The van der Waals surface area contributed by atoms with Crippen LogP contribution < -0.4 is 11.1 Å². The summed E-state index contributed by atoms with van der Waals surface area (Å²) < 4.78 is 0. The van der Waals surface area contributed by atoms with Crippen LogP contribution in [0.15, 0.2) is 0 Å². The summed E-state index contributed by atoms with van der Waals surface area (Å²) in [5, 5.41) is 3.48. The van der Waals surface area contributed by atoms with Crippen molar-refractivity contribution in [3.05, 3.63) is 0 Å². The van der Waals surface area contributed by atoms with Crippen LogP contribution in [-0.4, -0.2) is 41.0 Å². The van der Waals surface area contributed by atoms with Gasteiger partial charge in [0.05, 0.1) is 5.54 Å². The Labute approximate surface area is 129 Å². The van der Waals surface area contributed by atoms with Gasteiger partial charge in [0, 0.05) is 18.1 Å². The SMILES string of the molecule is CCCNC1(C(N)=O)CCCC(N2C(C)CCC2CC)C1. The standard InChI is InChI=1S/C17H33N3O/c1-4-11-19-17(16(18)21)10-6-7-15(12-17)20-13(3)8-9-14(20)5-2/h13-15,19H,4-12H2,1-3H3,(H2,18,21). The highest BCUT2D eigenvalue weighted by Crippen LogP contribution is 2.37. The number of carbonyl (C=O) groups excluding carboxylic acids is 1. The van der Waals surface area contributed by atoms with E-state index in [1.165, 1.54) is 25.7 Å². The molecule has 4 atom stereocenters. The van der Waals surface area contributed by atoms with Gasteiger partial charge in [0.1, 0.15) is 0 Å². The monoisotopic (exact) mass is 295 g/mol. The molecule has 21 heavy (non-hydrogen) atoms. The number of nitrogens with one attached hydrogen (secondary N) is 1. The molecule has 0 radical (unpaired) electrons. The molecule has 1 amide bonds. The zero-order chi connectivity index (χ0) is 15.5. The smallest absolute Gasteiger partial charge is 0.237 e. The summed E-state index contributed by atoms with van der Waals surface area (Å²) in [6.07, 6.45) is 8.96. The van der Waals surface area contributed by atoms with Crippen molar-refractivity contribution in [2.24, 2.45) is 5.73 Å². The Balaban J connectivity index is 2.12. The first kappa shape index (κ1) is 16.8. The third kappa shape index (κ3) is 3.42. The molecule has 122 valence electrons. The highest BCUT2D eigenvalue weighted by molar-refractivity contribution is 5.84. The van der Waals surface area contributed by atoms with Crippen LogP contribution in [0.2, 0.25) is 0 Å². The summed E-state index contributed by atoms with van der Waals surface area (Å²) >= 11 is 0. The second-order valence-electron chi connectivity index (χ2n) is 7.06. The average Bonchev–Trinajstić information content (AvgIpc) is 2.86. The van der Waals surface area contributed by atoms with Gasteiger partial charge < -0.3 is 11.1 Å². The molecular weight excluding hydrogens is 262 g/mol. The minimum absolute atomic E-state index is 0.152. The average molecular weight is 295 g/mol. The van der Waals surface area contributed by atoms with Crippen LogP contribution in [0.4, 0.5) is 0 Å². The predicted octanol–water partition coefficient (Wildman–Crippen LogP) is 2.42. The number of primary amides is 1. The largest absolute Gasteiger partial charge is 0.368 e. The highest BCUT2D eigenvalue weighted by Gasteiger charge is 2.45. The first-order valence-corrected chi connectivity index (χ1v) is 8.86. The van der Waals surface area contributed by atoms with Crippen LogP contribution in [0.5, 0.6) is 0 Å². The van der Waals surface area contributed by atoms with Crippen molar-refractivity contribution < 1.29 is 4.79 Å². The number of hydrogen-bond acceptors (Lipinski definition) is 3. The molecule has 0 aromatic carbocycles. The Hall–Kier alpha value is -0.610. The van der Waals surface area contributed by atoms with Crippen molar-refractivity contribution in [2.75, 3.05) is 6.54 Å². The maximum Gasteiger partial charge on any atom is 0.237 e. The van der Waals surface area contributed by atoms with E-state index in [4.69, 9.17) is 5.73 Å². The Bertz CT molecular complexity index is 360. The van der Waals surface area contributed by atoms with Crippen molar-refractivity contribution in [2.45, 2.75) is 95.8 Å². The van der Waals surface area contributed by atoms with Crippen LogP contribution in [0, 0.1) is 0 Å². The van der Waals surface area contributed by atoms with Gasteiger partial charge in [-0.3, -0.25) is 9.69 Å². The second kappa shape index (κ2) is 7.10. The lowest BCUT2D eigenvalue weighted by atomic mass is 9.77. The topological polar surface area (TPSA) is 58.4 Å². The maximum atomic E-state index is 12.1. The number of nitrogens with zero attached hydrogens (tertiary/aromatic N) is 1. The summed E-state index contributed by atoms with van der Waals surface area (Å²) in [6.45, 7) is 7.64. The van der Waals surface area contributed by atoms with Crippen LogP contribution in [-0.2, 0) is 4.79 Å². The Morgan fingerprint density at radius 3 is 2.71 bits per heavy atom. The van der Waals surface area contributed by atoms with Gasteiger partial charge in [-0.1, -0.05) is 13.8 Å². The third-order valence-electron chi connectivity index (χ3n) is 5.65. The number of hydrogen-bond donors (Lipinski definition) is 2. The quantitative estimate of drug-likeness (QED) is 0.791. The van der Waals surface area contributed by atoms with E-state index in [0.29, 0.717) is 18.1 Å². The van der Waals surface area contributed by atoms with Gasteiger partial charge in [0.15, 0.2) is 0 Å². The van der Waals surface area contributed by atoms with Crippen LogP contribution in [0.25, 0.3) is 0 Å². The molecule has 1 aliphatic carbocycles. The van der Waals surface area contributed by atoms with E-state index in [2.05, 4.69) is 31.0 Å². The normalized spacial score (nSPS) is 37.8. The maximum absolute atomic E-state index is 12.1. The van der Waals surface area contributed by atoms with E-state index in [9.17, 15) is 4.79 Å². The number of rotatable bonds is 6. The molecule has 4 heteroatoms. The fourth-order valence-electron chi connectivity index (χ4n) is 4.50. The summed E-state index contributed by atoms with van der Waals surface area (Å²) in [7, 11) is 0. The van der Waals surface area contributed by atoms with Gasteiger partial charge in [0.2, 0.25) is 5.91 Å². The molecule has 0 spiro atoms. The molecule has 1 saturated heterocycles. The lowest BCUT2D eigenvalue weighted by Gasteiger charge is -2.45. The minimum atomic E-state index is -0.473. The number of amides is 1. The van der Waals surface area contributed by atoms with Crippen molar-refractivity contribution in [3.63, 3.8) is 0 Å². The number of carbonyl (C=O) groups is 1. The van der Waals surface area contributed by atoms with Crippen LogP contribution >= 0.6 is 0 Å². The van der Waals surface area contributed by atoms with E-state index in [1.807, 2.05) is 0 Å². The van der Waals surface area contributed by atoms with Crippen molar-refractivity contribution >= 4 is 5.91 Å². The van der Waals surface area contributed by atoms with Gasteiger partial charge in [-0.25, -0.2) is 0 Å². The summed E-state index contributed by atoms with van der Waals surface area (Å²) in [4.78, 5) is 14.8. The third-order valence-corrected chi connectivity index (χ3v) is 5.65. The Morgan fingerprint density at radius 2 is 2.10 bits per heavy atom. The van der Waals surface area contributed by atoms with Gasteiger partial charge >= 0.3 is 0 Å². The van der Waals surface area contributed by atoms with E-state index < -0.39 is 5.54 Å². The molecule has 0 aromatic heterocycles. The first-order valence-electron chi connectivity index (χ1n) is 8.86. The first-order chi connectivity index (χ1) is 10.0. The predicted molar refractivity (Wildman–Crippen MR) is 87.1 cm³/mol. The summed E-state index contributed by atoms with van der Waals surface area (Å²) in [6, 6.07) is 1.85. The number of nitrogens with two attached hydrogens (primary N) is 1. The van der Waals surface area contributed by atoms with Crippen molar-refractivity contribution in [1.82, 2.24) is 10.2 Å². The lowest BCUT2D eigenvalue weighted by Crippen LogP contribution is -2.61. The minimum Gasteiger partial charge on any atom is -0.368 e. The molecule has 4 unspecified atom stereocenters. The lowest BCUT2D eigenvalue weighted by molar-refractivity contribution is -0.127. The van der Waals surface area contributed by atoms with E-state index in [1.54, 1.807) is 0 Å². The molecule has 1 saturated carbocycles. The van der Waals surface area contributed by atoms with Crippen LogP contribution in [0.3, 0.4) is 0 Å². The molecular formula is C17H33N3O. The molecule has 1 heterocycles. The van der Waals surface area contributed by atoms with E-state index >= 15 is 0 Å². The van der Waals surface area contributed by atoms with Gasteiger partial charge in [-0.05, 0) is 64.8 Å². The van der Waals surface area contributed by atoms with Crippen LogP contribution in [0.1, 0.15) is 72.1 Å². The Morgan fingerprint density at radius 1 is 1.33 bits per heavy atom. The van der Waals surface area contributed by atoms with Gasteiger partial charge in [-0.15, -0.1) is 0 Å². The molecule has 2 aliphatic rings. The molecule has 2 fully saturated rings.